The van der Waals surface area contributed by atoms with Gasteiger partial charge in [0.15, 0.2) is 0 Å². The van der Waals surface area contributed by atoms with Gasteiger partial charge in [-0.3, -0.25) is 10.9 Å². The fourth-order valence-corrected chi connectivity index (χ4v) is 1.55. The number of nitrogens with zero attached hydrogens (tertiary/aromatic N) is 4. The molecule has 19 heavy (non-hydrogen) atoms. The van der Waals surface area contributed by atoms with Crippen molar-refractivity contribution in [1.29, 1.82) is 0 Å². The first-order valence-electron chi connectivity index (χ1n) is 6.16. The highest BCUT2D eigenvalue weighted by atomic mass is 16.5. The molecule has 1 aliphatic heterocycles. The Hall–Kier alpha value is -1.71. The first-order valence-corrected chi connectivity index (χ1v) is 6.16. The summed E-state index contributed by atoms with van der Waals surface area (Å²) in [6.45, 7) is 6.67. The first kappa shape index (κ1) is 13.7. The second-order valence-corrected chi connectivity index (χ2v) is 4.29. The molecule has 1 aliphatic rings. The predicted molar refractivity (Wildman–Crippen MR) is 69.4 cm³/mol. The SMILES string of the molecule is CC(C)Oc1nc(NN)nc(NN2CCOCC2)n1. The maximum absolute atomic E-state index is 5.45. The maximum atomic E-state index is 5.45. The van der Waals surface area contributed by atoms with E-state index in [1.54, 1.807) is 0 Å². The van der Waals surface area contributed by atoms with Gasteiger partial charge in [0.1, 0.15) is 0 Å². The molecule has 0 aliphatic carbocycles. The van der Waals surface area contributed by atoms with E-state index < -0.39 is 0 Å². The highest BCUT2D eigenvalue weighted by Crippen LogP contribution is 2.12. The Morgan fingerprint density at radius 2 is 1.89 bits per heavy atom. The molecule has 1 fully saturated rings. The summed E-state index contributed by atoms with van der Waals surface area (Å²) in [7, 11) is 0. The van der Waals surface area contributed by atoms with Crippen LogP contribution in [-0.4, -0.2) is 52.4 Å². The summed E-state index contributed by atoms with van der Waals surface area (Å²) in [5, 5.41) is 1.97. The smallest absolute Gasteiger partial charge is 0.323 e. The van der Waals surface area contributed by atoms with E-state index in [0.29, 0.717) is 19.2 Å². The van der Waals surface area contributed by atoms with Crippen molar-refractivity contribution in [2.75, 3.05) is 37.2 Å². The molecule has 0 saturated carbocycles. The van der Waals surface area contributed by atoms with Crippen molar-refractivity contribution in [1.82, 2.24) is 20.0 Å². The number of hydrazine groups is 2. The lowest BCUT2D eigenvalue weighted by Gasteiger charge is -2.26. The zero-order valence-electron chi connectivity index (χ0n) is 11.1. The summed E-state index contributed by atoms with van der Waals surface area (Å²) in [6, 6.07) is 0.230. The molecule has 1 saturated heterocycles. The molecule has 0 radical (unpaired) electrons. The van der Waals surface area contributed by atoms with Crippen LogP contribution >= 0.6 is 0 Å². The van der Waals surface area contributed by atoms with Crippen LogP contribution in [0.3, 0.4) is 0 Å². The Balaban J connectivity index is 2.09. The second kappa shape index (κ2) is 6.45. The molecule has 0 aromatic carbocycles. The Kier molecular flexibility index (Phi) is 4.66. The standard InChI is InChI=1S/C10H19N7O2/c1-7(2)19-10-13-8(15-11)12-9(14-10)16-17-3-5-18-6-4-17/h7H,3-6,11H2,1-2H3,(H2,12,13,14,15,16). The van der Waals surface area contributed by atoms with E-state index in [0.717, 1.165) is 13.1 Å². The Morgan fingerprint density at radius 1 is 1.21 bits per heavy atom. The van der Waals surface area contributed by atoms with Gasteiger partial charge < -0.3 is 9.47 Å². The van der Waals surface area contributed by atoms with Crippen LogP contribution in [0.2, 0.25) is 0 Å². The summed E-state index contributed by atoms with van der Waals surface area (Å²) in [5.41, 5.74) is 5.48. The topological polar surface area (TPSA) is 110 Å². The van der Waals surface area contributed by atoms with Crippen molar-refractivity contribution in [2.45, 2.75) is 20.0 Å². The minimum Gasteiger partial charge on any atom is -0.461 e. The molecule has 4 N–H and O–H groups in total. The van der Waals surface area contributed by atoms with Crippen molar-refractivity contribution < 1.29 is 9.47 Å². The highest BCUT2D eigenvalue weighted by Gasteiger charge is 2.14. The highest BCUT2D eigenvalue weighted by molar-refractivity contribution is 5.34. The van der Waals surface area contributed by atoms with E-state index in [2.05, 4.69) is 25.8 Å². The molecule has 1 aromatic heterocycles. The number of hydrogen-bond acceptors (Lipinski definition) is 9. The molecule has 106 valence electrons. The summed E-state index contributed by atoms with van der Waals surface area (Å²) < 4.78 is 10.7. The van der Waals surface area contributed by atoms with Gasteiger partial charge in [-0.25, -0.2) is 10.9 Å². The van der Waals surface area contributed by atoms with E-state index in [1.165, 1.54) is 0 Å². The van der Waals surface area contributed by atoms with E-state index >= 15 is 0 Å². The lowest BCUT2D eigenvalue weighted by molar-refractivity contribution is 0.0492. The van der Waals surface area contributed by atoms with Crippen molar-refractivity contribution in [3.05, 3.63) is 0 Å². The third-order valence-corrected chi connectivity index (χ3v) is 2.35. The Bertz CT molecular complexity index is 409. The fourth-order valence-electron chi connectivity index (χ4n) is 1.55. The van der Waals surface area contributed by atoms with Crippen LogP contribution in [0.4, 0.5) is 11.9 Å². The molecule has 0 atom stereocenters. The summed E-state index contributed by atoms with van der Waals surface area (Å²) in [6.07, 6.45) is -0.0238. The Morgan fingerprint density at radius 3 is 2.53 bits per heavy atom. The molecule has 0 spiro atoms. The third kappa shape index (κ3) is 4.16. The number of anilines is 2. The minimum atomic E-state index is -0.0238. The number of nitrogen functional groups attached to an aromatic ring is 1. The average Bonchev–Trinajstić information content (AvgIpc) is 2.38. The number of nitrogens with two attached hydrogens (primary N) is 1. The largest absolute Gasteiger partial charge is 0.461 e. The predicted octanol–water partition coefficient (Wildman–Crippen LogP) is -0.396. The summed E-state index contributed by atoms with van der Waals surface area (Å²) >= 11 is 0. The van der Waals surface area contributed by atoms with Crippen molar-refractivity contribution in [3.8, 4) is 6.01 Å². The normalized spacial score (nSPS) is 16.4. The molecule has 2 heterocycles. The van der Waals surface area contributed by atoms with Crippen LogP contribution in [0.25, 0.3) is 0 Å². The summed E-state index contributed by atoms with van der Waals surface area (Å²) in [5.74, 6) is 5.97. The maximum Gasteiger partial charge on any atom is 0.323 e. The van der Waals surface area contributed by atoms with Gasteiger partial charge in [0.2, 0.25) is 11.9 Å². The van der Waals surface area contributed by atoms with Gasteiger partial charge in [-0.2, -0.15) is 15.0 Å². The molecule has 0 bridgehead atoms. The number of aromatic nitrogens is 3. The molecule has 2 rings (SSSR count). The van der Waals surface area contributed by atoms with E-state index in [1.807, 2.05) is 18.9 Å². The molecule has 0 unspecified atom stereocenters. The van der Waals surface area contributed by atoms with Crippen LogP contribution in [-0.2, 0) is 4.74 Å². The van der Waals surface area contributed by atoms with Gasteiger partial charge in [-0.05, 0) is 13.8 Å². The average molecular weight is 269 g/mol. The quantitative estimate of drug-likeness (QED) is 0.486. The zero-order valence-corrected chi connectivity index (χ0v) is 11.1. The van der Waals surface area contributed by atoms with Gasteiger partial charge in [0.05, 0.1) is 19.3 Å². The molecule has 9 nitrogen and oxygen atoms in total. The van der Waals surface area contributed by atoms with Gasteiger partial charge in [0, 0.05) is 13.1 Å². The van der Waals surface area contributed by atoms with Crippen molar-refractivity contribution in [2.24, 2.45) is 5.84 Å². The van der Waals surface area contributed by atoms with Gasteiger partial charge >= 0.3 is 6.01 Å². The van der Waals surface area contributed by atoms with Crippen molar-refractivity contribution in [3.63, 3.8) is 0 Å². The van der Waals surface area contributed by atoms with Crippen LogP contribution in [0.1, 0.15) is 13.8 Å². The second-order valence-electron chi connectivity index (χ2n) is 4.29. The molecule has 0 amide bonds. The first-order chi connectivity index (χ1) is 9.17. The van der Waals surface area contributed by atoms with E-state index in [4.69, 9.17) is 15.3 Å². The van der Waals surface area contributed by atoms with Gasteiger partial charge in [-0.15, -0.1) is 0 Å². The lowest BCUT2D eigenvalue weighted by Crippen LogP contribution is -2.40. The number of nitrogens with one attached hydrogen (secondary N) is 2. The van der Waals surface area contributed by atoms with Crippen LogP contribution in [0.5, 0.6) is 6.01 Å². The van der Waals surface area contributed by atoms with Crippen LogP contribution in [0, 0.1) is 0 Å². The van der Waals surface area contributed by atoms with Crippen LogP contribution in [0.15, 0.2) is 0 Å². The monoisotopic (exact) mass is 269 g/mol. The van der Waals surface area contributed by atoms with E-state index in [9.17, 15) is 0 Å². The van der Waals surface area contributed by atoms with Gasteiger partial charge in [0.25, 0.3) is 0 Å². The number of ether oxygens (including phenoxy) is 2. The number of rotatable bonds is 5. The van der Waals surface area contributed by atoms with Crippen LogP contribution < -0.4 is 21.4 Å². The molecular formula is C10H19N7O2. The molecular weight excluding hydrogens is 250 g/mol. The fraction of sp³-hybridized carbons (Fsp3) is 0.700. The lowest BCUT2D eigenvalue weighted by atomic mass is 10.5. The molecule has 9 heteroatoms. The molecule has 1 aromatic rings. The van der Waals surface area contributed by atoms with E-state index in [-0.39, 0.29) is 18.1 Å². The van der Waals surface area contributed by atoms with Gasteiger partial charge in [-0.1, -0.05) is 0 Å². The Labute approximate surface area is 111 Å². The summed E-state index contributed by atoms with van der Waals surface area (Å²) in [4.78, 5) is 12.3. The number of morpholine rings is 1. The number of hydrogen-bond donors (Lipinski definition) is 3. The zero-order chi connectivity index (χ0) is 13.7. The van der Waals surface area contributed by atoms with Crippen molar-refractivity contribution >= 4 is 11.9 Å². The third-order valence-electron chi connectivity index (χ3n) is 2.35. The minimum absolute atomic E-state index is 0.0238.